The maximum atomic E-state index is 11.9. The highest BCUT2D eigenvalue weighted by Gasteiger charge is 2.23. The van der Waals surface area contributed by atoms with E-state index in [1.54, 1.807) is 12.3 Å². The molecule has 0 radical (unpaired) electrons. The van der Waals surface area contributed by atoms with Crippen LogP contribution in [0.5, 0.6) is 0 Å². The number of rotatable bonds is 4. The molecule has 1 aromatic carbocycles. The zero-order chi connectivity index (χ0) is 15.5. The summed E-state index contributed by atoms with van der Waals surface area (Å²) in [4.78, 5) is 27.2. The van der Waals surface area contributed by atoms with Gasteiger partial charge in [-0.25, -0.2) is 0 Å². The highest BCUT2D eigenvalue weighted by Crippen LogP contribution is 2.21. The van der Waals surface area contributed by atoms with Crippen LogP contribution in [0.4, 0.5) is 5.69 Å². The number of hydrogen-bond acceptors (Lipinski definition) is 3. The van der Waals surface area contributed by atoms with Crippen LogP contribution in [0.3, 0.4) is 0 Å². The van der Waals surface area contributed by atoms with Crippen molar-refractivity contribution in [2.45, 2.75) is 25.8 Å². The van der Waals surface area contributed by atoms with E-state index in [2.05, 4.69) is 15.6 Å². The minimum atomic E-state index is -0.100. The summed E-state index contributed by atoms with van der Waals surface area (Å²) in [5.41, 5.74) is 3.04. The first kappa shape index (κ1) is 14.3. The van der Waals surface area contributed by atoms with Crippen LogP contribution >= 0.6 is 0 Å². The lowest BCUT2D eigenvalue weighted by Gasteiger charge is -2.06. The van der Waals surface area contributed by atoms with Crippen LogP contribution < -0.4 is 10.6 Å². The second-order valence-corrected chi connectivity index (χ2v) is 5.44. The molecule has 0 saturated heterocycles. The van der Waals surface area contributed by atoms with Gasteiger partial charge in [-0.15, -0.1) is 0 Å². The van der Waals surface area contributed by atoms with E-state index < -0.39 is 0 Å². The van der Waals surface area contributed by atoms with Gasteiger partial charge < -0.3 is 10.6 Å². The summed E-state index contributed by atoms with van der Waals surface area (Å²) in [5.74, 6) is -0.167. The summed E-state index contributed by atoms with van der Waals surface area (Å²) in [5, 5.41) is 5.66. The molecule has 2 N–H and O–H groups in total. The molecule has 22 heavy (non-hydrogen) atoms. The predicted molar refractivity (Wildman–Crippen MR) is 84.5 cm³/mol. The van der Waals surface area contributed by atoms with E-state index in [0.717, 1.165) is 29.8 Å². The molecule has 0 atom stereocenters. The van der Waals surface area contributed by atoms with Crippen molar-refractivity contribution < 1.29 is 9.59 Å². The van der Waals surface area contributed by atoms with Crippen molar-refractivity contribution in [3.05, 3.63) is 48.2 Å². The number of pyridine rings is 1. The zero-order valence-corrected chi connectivity index (χ0v) is 12.3. The van der Waals surface area contributed by atoms with Gasteiger partial charge in [0.1, 0.15) is 0 Å². The van der Waals surface area contributed by atoms with Crippen LogP contribution in [0.25, 0.3) is 11.3 Å². The van der Waals surface area contributed by atoms with Crippen molar-refractivity contribution in [3.63, 3.8) is 0 Å². The minimum absolute atomic E-state index is 0.0671. The minimum Gasteiger partial charge on any atom is -0.349 e. The lowest BCUT2D eigenvalue weighted by atomic mass is 10.1. The molecule has 1 aromatic heterocycles. The number of benzene rings is 1. The van der Waals surface area contributed by atoms with Gasteiger partial charge in [-0.2, -0.15) is 0 Å². The Morgan fingerprint density at radius 3 is 2.36 bits per heavy atom. The number of anilines is 1. The molecule has 3 rings (SSSR count). The Kier molecular flexibility index (Phi) is 3.87. The molecule has 1 saturated carbocycles. The quantitative estimate of drug-likeness (QED) is 0.910. The van der Waals surface area contributed by atoms with Crippen molar-refractivity contribution in [2.75, 3.05) is 5.32 Å². The van der Waals surface area contributed by atoms with E-state index in [9.17, 15) is 9.59 Å². The van der Waals surface area contributed by atoms with Crippen molar-refractivity contribution >= 4 is 17.5 Å². The predicted octanol–water partition coefficient (Wildman–Crippen LogP) is 2.60. The Hall–Kier alpha value is -2.69. The van der Waals surface area contributed by atoms with Gasteiger partial charge in [-0.3, -0.25) is 14.6 Å². The Balaban J connectivity index is 1.71. The number of carbonyl (C=O) groups excluding carboxylic acids is 2. The van der Waals surface area contributed by atoms with E-state index in [4.69, 9.17) is 0 Å². The number of amides is 2. The van der Waals surface area contributed by atoms with Gasteiger partial charge in [0.25, 0.3) is 5.91 Å². The fraction of sp³-hybridized carbons (Fsp3) is 0.235. The van der Waals surface area contributed by atoms with E-state index in [-0.39, 0.29) is 11.8 Å². The van der Waals surface area contributed by atoms with Gasteiger partial charge in [0.2, 0.25) is 5.91 Å². The maximum absolute atomic E-state index is 11.9. The number of nitrogens with zero attached hydrogens (tertiary/aromatic N) is 1. The van der Waals surface area contributed by atoms with E-state index in [0.29, 0.717) is 11.6 Å². The number of carbonyl (C=O) groups is 2. The first-order valence-corrected chi connectivity index (χ1v) is 7.27. The van der Waals surface area contributed by atoms with Gasteiger partial charge in [0, 0.05) is 30.4 Å². The molecule has 0 spiro atoms. The SMILES string of the molecule is CC(=O)Nc1ccc(-c2ccc(C(=O)NC3CC3)cn2)cc1. The molecule has 0 bridgehead atoms. The molecule has 112 valence electrons. The Morgan fingerprint density at radius 1 is 1.09 bits per heavy atom. The average molecular weight is 295 g/mol. The first-order chi connectivity index (χ1) is 10.6. The van der Waals surface area contributed by atoms with Crippen LogP contribution in [-0.4, -0.2) is 22.8 Å². The van der Waals surface area contributed by atoms with Crippen LogP contribution in [0.2, 0.25) is 0 Å². The smallest absolute Gasteiger partial charge is 0.253 e. The van der Waals surface area contributed by atoms with Crippen molar-refractivity contribution in [3.8, 4) is 11.3 Å². The number of nitrogens with one attached hydrogen (secondary N) is 2. The van der Waals surface area contributed by atoms with E-state index in [1.807, 2.05) is 30.3 Å². The van der Waals surface area contributed by atoms with Crippen LogP contribution in [0.1, 0.15) is 30.1 Å². The van der Waals surface area contributed by atoms with Crippen molar-refractivity contribution in [2.24, 2.45) is 0 Å². The molecule has 1 aliphatic carbocycles. The molecule has 0 aliphatic heterocycles. The first-order valence-electron chi connectivity index (χ1n) is 7.27. The summed E-state index contributed by atoms with van der Waals surface area (Å²) < 4.78 is 0. The maximum Gasteiger partial charge on any atom is 0.253 e. The summed E-state index contributed by atoms with van der Waals surface area (Å²) in [6, 6.07) is 11.4. The third-order valence-corrected chi connectivity index (χ3v) is 3.44. The molecule has 2 amide bonds. The molecular weight excluding hydrogens is 278 g/mol. The van der Waals surface area contributed by atoms with Gasteiger partial charge in [0.15, 0.2) is 0 Å². The summed E-state index contributed by atoms with van der Waals surface area (Å²) >= 11 is 0. The molecule has 5 nitrogen and oxygen atoms in total. The van der Waals surface area contributed by atoms with Crippen molar-refractivity contribution in [1.82, 2.24) is 10.3 Å². The second-order valence-electron chi connectivity index (χ2n) is 5.44. The monoisotopic (exact) mass is 295 g/mol. The topological polar surface area (TPSA) is 71.1 Å². The lowest BCUT2D eigenvalue weighted by molar-refractivity contribution is -0.114. The lowest BCUT2D eigenvalue weighted by Crippen LogP contribution is -2.25. The molecule has 1 heterocycles. The highest BCUT2D eigenvalue weighted by molar-refractivity contribution is 5.94. The largest absolute Gasteiger partial charge is 0.349 e. The second kappa shape index (κ2) is 5.97. The van der Waals surface area contributed by atoms with Gasteiger partial charge >= 0.3 is 0 Å². The fourth-order valence-corrected chi connectivity index (χ4v) is 2.12. The van der Waals surface area contributed by atoms with E-state index >= 15 is 0 Å². The van der Waals surface area contributed by atoms with Gasteiger partial charge in [-0.05, 0) is 37.1 Å². The third kappa shape index (κ3) is 3.49. The van der Waals surface area contributed by atoms with E-state index in [1.165, 1.54) is 6.92 Å². The van der Waals surface area contributed by atoms with Crippen LogP contribution in [0, 0.1) is 0 Å². The summed E-state index contributed by atoms with van der Waals surface area (Å²) in [7, 11) is 0. The molecule has 1 aliphatic rings. The molecule has 0 unspecified atom stereocenters. The molecule has 5 heteroatoms. The standard InChI is InChI=1S/C17H17N3O2/c1-11(21)19-14-5-2-12(3-6-14)16-9-4-13(10-18-16)17(22)20-15-7-8-15/h2-6,9-10,15H,7-8H2,1H3,(H,19,21)(H,20,22). The summed E-state index contributed by atoms with van der Waals surface area (Å²) in [6.07, 6.45) is 3.73. The van der Waals surface area contributed by atoms with Crippen LogP contribution in [0.15, 0.2) is 42.6 Å². The number of hydrogen-bond donors (Lipinski definition) is 2. The zero-order valence-electron chi connectivity index (χ0n) is 12.3. The van der Waals surface area contributed by atoms with Gasteiger partial charge in [0.05, 0.1) is 11.3 Å². The fourth-order valence-electron chi connectivity index (χ4n) is 2.12. The Bertz CT molecular complexity index is 689. The van der Waals surface area contributed by atoms with Crippen LogP contribution in [-0.2, 0) is 4.79 Å². The average Bonchev–Trinajstić information content (AvgIpc) is 3.31. The Labute approximate surface area is 128 Å². The normalized spacial score (nSPS) is 13.5. The molecule has 2 aromatic rings. The summed E-state index contributed by atoms with van der Waals surface area (Å²) in [6.45, 7) is 1.47. The highest BCUT2D eigenvalue weighted by atomic mass is 16.2. The molecular formula is C17H17N3O2. The van der Waals surface area contributed by atoms with Crippen molar-refractivity contribution in [1.29, 1.82) is 0 Å². The third-order valence-electron chi connectivity index (χ3n) is 3.44. The van der Waals surface area contributed by atoms with Gasteiger partial charge in [-0.1, -0.05) is 12.1 Å². The number of aromatic nitrogens is 1. The molecule has 1 fully saturated rings. The Morgan fingerprint density at radius 2 is 1.82 bits per heavy atom.